The highest BCUT2D eigenvalue weighted by atomic mass is 16.3. The number of hydrogen-bond acceptors (Lipinski definition) is 9. The third-order valence-electron chi connectivity index (χ3n) is 10.8. The van der Waals surface area contributed by atoms with Crippen LogP contribution < -0.4 is 20.4 Å². The van der Waals surface area contributed by atoms with Crippen LogP contribution in [-0.2, 0) is 9.59 Å². The van der Waals surface area contributed by atoms with Gasteiger partial charge in [-0.05, 0) is 104 Å². The van der Waals surface area contributed by atoms with Gasteiger partial charge in [0, 0.05) is 101 Å². The molecule has 58 heavy (non-hydrogen) atoms. The molecule has 2 aliphatic rings. The predicted octanol–water partition coefficient (Wildman–Crippen LogP) is 7.61. The van der Waals surface area contributed by atoms with Gasteiger partial charge in [0.1, 0.15) is 5.75 Å². The van der Waals surface area contributed by atoms with Crippen molar-refractivity contribution in [2.75, 3.05) is 72.8 Å². The van der Waals surface area contributed by atoms with E-state index in [0.29, 0.717) is 0 Å². The molecule has 8 rings (SSSR count). The summed E-state index contributed by atoms with van der Waals surface area (Å²) in [6.45, 7) is 16.0. The Balaban J connectivity index is 0.000000177. The average Bonchev–Trinajstić information content (AvgIpc) is 3.90. The van der Waals surface area contributed by atoms with Gasteiger partial charge in [0.15, 0.2) is 11.6 Å². The van der Waals surface area contributed by atoms with Gasteiger partial charge in [0.25, 0.3) is 0 Å². The van der Waals surface area contributed by atoms with Crippen molar-refractivity contribution in [2.24, 2.45) is 0 Å². The number of anilines is 6. The van der Waals surface area contributed by atoms with Gasteiger partial charge in [-0.1, -0.05) is 29.8 Å². The number of aromatic amines is 2. The summed E-state index contributed by atoms with van der Waals surface area (Å²) in [5, 5.41) is 31.1. The molecular weight excluding hydrogens is 729 g/mol. The minimum absolute atomic E-state index is 0.144. The molecule has 2 fully saturated rings. The Morgan fingerprint density at radius 3 is 1.33 bits per heavy atom. The zero-order valence-corrected chi connectivity index (χ0v) is 33.8. The standard InChI is InChI=1S/C23H27N5O.C22H25N5O2/c1-16-4-6-19(7-5-16)22-15-23(26-25-22)24-21-9-8-20(14-17(21)2)28-12-10-27(11-13-28)18(3)29;1-15-13-18(27-11-9-26(10-12-27)16(2)28)5-8-20(15)23-22-14-21(24-25-22)17-3-6-19(29)7-4-17/h4-9,14-15H,10-13H2,1-3H3,(H2,24,25,26);3-8,13-14,29H,9-12H2,1-2H3,(H2,23,24,25). The van der Waals surface area contributed by atoms with Crippen molar-refractivity contribution >= 4 is 46.2 Å². The van der Waals surface area contributed by atoms with E-state index in [-0.39, 0.29) is 17.6 Å². The first-order valence-electron chi connectivity index (χ1n) is 19.7. The Kier molecular flexibility index (Phi) is 12.0. The molecule has 0 aliphatic carbocycles. The largest absolute Gasteiger partial charge is 0.508 e. The lowest BCUT2D eigenvalue weighted by Crippen LogP contribution is -2.48. The Morgan fingerprint density at radius 2 is 0.948 bits per heavy atom. The predicted molar refractivity (Wildman–Crippen MR) is 232 cm³/mol. The number of phenols is 1. The maximum atomic E-state index is 11.5. The van der Waals surface area contributed by atoms with Crippen LogP contribution in [0.2, 0.25) is 0 Å². The highest BCUT2D eigenvalue weighted by molar-refractivity contribution is 5.75. The number of piperazine rings is 2. The topological polar surface area (TPSA) is 149 Å². The van der Waals surface area contributed by atoms with E-state index >= 15 is 0 Å². The van der Waals surface area contributed by atoms with Crippen LogP contribution in [0.4, 0.5) is 34.4 Å². The molecule has 5 N–H and O–H groups in total. The Hall–Kier alpha value is -6.76. The number of H-pyrrole nitrogens is 2. The molecule has 0 atom stereocenters. The number of aromatic hydroxyl groups is 1. The fourth-order valence-corrected chi connectivity index (χ4v) is 7.25. The van der Waals surface area contributed by atoms with Crippen LogP contribution in [0.25, 0.3) is 22.5 Å². The molecule has 2 aromatic heterocycles. The molecule has 13 nitrogen and oxygen atoms in total. The summed E-state index contributed by atoms with van der Waals surface area (Å²) in [4.78, 5) is 31.5. The van der Waals surface area contributed by atoms with E-state index in [2.05, 4.69) is 122 Å². The van der Waals surface area contributed by atoms with E-state index in [0.717, 1.165) is 109 Å². The van der Waals surface area contributed by atoms with Crippen LogP contribution >= 0.6 is 0 Å². The number of carbonyl (C=O) groups excluding carboxylic acids is 2. The van der Waals surface area contributed by atoms with Gasteiger partial charge >= 0.3 is 0 Å². The van der Waals surface area contributed by atoms with Crippen LogP contribution in [0, 0.1) is 20.8 Å². The lowest BCUT2D eigenvalue weighted by Gasteiger charge is -2.35. The number of rotatable bonds is 8. The third-order valence-corrected chi connectivity index (χ3v) is 10.8. The fourth-order valence-electron chi connectivity index (χ4n) is 7.25. The zero-order valence-electron chi connectivity index (χ0n) is 33.8. The van der Waals surface area contributed by atoms with Gasteiger partial charge in [0.05, 0.1) is 11.4 Å². The van der Waals surface area contributed by atoms with Crippen molar-refractivity contribution in [3.8, 4) is 28.3 Å². The smallest absolute Gasteiger partial charge is 0.219 e. The number of aryl methyl sites for hydroxylation is 3. The molecule has 13 heteroatoms. The second-order valence-electron chi connectivity index (χ2n) is 15.0. The molecule has 0 radical (unpaired) electrons. The quantitative estimate of drug-likeness (QED) is 0.105. The van der Waals surface area contributed by atoms with Crippen molar-refractivity contribution in [1.29, 1.82) is 0 Å². The minimum Gasteiger partial charge on any atom is -0.508 e. The second kappa shape index (κ2) is 17.6. The number of phenolic OH excluding ortho intramolecular Hbond substituents is 1. The third kappa shape index (κ3) is 9.60. The monoisotopic (exact) mass is 780 g/mol. The lowest BCUT2D eigenvalue weighted by molar-refractivity contribution is -0.129. The molecular formula is C45H52N10O3. The van der Waals surface area contributed by atoms with Gasteiger partial charge in [-0.15, -0.1) is 0 Å². The lowest BCUT2D eigenvalue weighted by atomic mass is 10.1. The molecule has 0 saturated carbocycles. The number of carbonyl (C=O) groups is 2. The van der Waals surface area contributed by atoms with Crippen molar-refractivity contribution < 1.29 is 14.7 Å². The first-order valence-corrected chi connectivity index (χ1v) is 19.7. The molecule has 4 heterocycles. The highest BCUT2D eigenvalue weighted by Crippen LogP contribution is 2.30. The number of benzene rings is 4. The maximum absolute atomic E-state index is 11.5. The van der Waals surface area contributed by atoms with E-state index in [1.54, 1.807) is 26.0 Å². The Labute approximate surface area is 339 Å². The molecule has 300 valence electrons. The summed E-state index contributed by atoms with van der Waals surface area (Å²) in [5.41, 5.74) is 11.9. The average molecular weight is 781 g/mol. The second-order valence-corrected chi connectivity index (χ2v) is 15.0. The van der Waals surface area contributed by atoms with Crippen molar-refractivity contribution in [1.82, 2.24) is 30.2 Å². The highest BCUT2D eigenvalue weighted by Gasteiger charge is 2.21. The van der Waals surface area contributed by atoms with E-state index in [4.69, 9.17) is 0 Å². The van der Waals surface area contributed by atoms with Crippen LogP contribution in [0.5, 0.6) is 5.75 Å². The van der Waals surface area contributed by atoms with Gasteiger partial charge in [-0.25, -0.2) is 0 Å². The molecule has 0 bridgehead atoms. The maximum Gasteiger partial charge on any atom is 0.219 e. The number of nitrogens with one attached hydrogen (secondary N) is 4. The Morgan fingerprint density at radius 1 is 0.552 bits per heavy atom. The summed E-state index contributed by atoms with van der Waals surface area (Å²) >= 11 is 0. The normalized spacial score (nSPS) is 14.2. The van der Waals surface area contributed by atoms with E-state index in [1.807, 2.05) is 34.1 Å². The molecule has 4 aromatic carbocycles. The van der Waals surface area contributed by atoms with Crippen molar-refractivity contribution in [3.63, 3.8) is 0 Å². The van der Waals surface area contributed by atoms with Gasteiger partial charge in [-0.2, -0.15) is 10.2 Å². The first kappa shape index (κ1) is 39.5. The summed E-state index contributed by atoms with van der Waals surface area (Å²) < 4.78 is 0. The molecule has 6 aromatic rings. The fraction of sp³-hybridized carbons (Fsp3) is 0.289. The zero-order chi connectivity index (χ0) is 40.8. The number of aromatic nitrogens is 4. The minimum atomic E-state index is 0.144. The first-order chi connectivity index (χ1) is 28.0. The van der Waals surface area contributed by atoms with Crippen LogP contribution in [0.3, 0.4) is 0 Å². The summed E-state index contributed by atoms with van der Waals surface area (Å²) in [5.74, 6) is 2.07. The van der Waals surface area contributed by atoms with E-state index < -0.39 is 0 Å². The van der Waals surface area contributed by atoms with Gasteiger partial charge < -0.3 is 35.3 Å². The SMILES string of the molecule is CC(=O)N1CCN(c2ccc(Nc3cc(-c4ccc(C)cc4)[nH]n3)c(C)c2)CC1.CC(=O)N1CCN(c2ccc(Nc3cc(-c4ccc(O)cc4)[nH]n3)c(C)c2)CC1. The van der Waals surface area contributed by atoms with Crippen LogP contribution in [0.15, 0.2) is 97.1 Å². The number of amides is 2. The summed E-state index contributed by atoms with van der Waals surface area (Å²) in [6, 6.07) is 32.1. The van der Waals surface area contributed by atoms with Gasteiger partial charge in [-0.3, -0.25) is 19.8 Å². The number of nitrogens with zero attached hydrogens (tertiary/aromatic N) is 6. The van der Waals surface area contributed by atoms with Crippen LogP contribution in [-0.4, -0.2) is 99.5 Å². The van der Waals surface area contributed by atoms with E-state index in [9.17, 15) is 14.7 Å². The molecule has 0 spiro atoms. The molecule has 2 saturated heterocycles. The summed E-state index contributed by atoms with van der Waals surface area (Å²) in [7, 11) is 0. The van der Waals surface area contributed by atoms with Gasteiger partial charge in [0.2, 0.25) is 11.8 Å². The van der Waals surface area contributed by atoms with Crippen LogP contribution in [0.1, 0.15) is 30.5 Å². The van der Waals surface area contributed by atoms with E-state index in [1.165, 1.54) is 16.9 Å². The molecule has 2 amide bonds. The summed E-state index contributed by atoms with van der Waals surface area (Å²) in [6.07, 6.45) is 0. The molecule has 0 unspecified atom stereocenters. The van der Waals surface area contributed by atoms with Crippen molar-refractivity contribution in [2.45, 2.75) is 34.6 Å². The number of hydrogen-bond donors (Lipinski definition) is 5. The molecule has 2 aliphatic heterocycles. The Bertz CT molecular complexity index is 2170. The van der Waals surface area contributed by atoms with Crippen molar-refractivity contribution in [3.05, 3.63) is 114 Å².